The van der Waals surface area contributed by atoms with Crippen LogP contribution >= 0.6 is 11.3 Å². The van der Waals surface area contributed by atoms with E-state index in [0.29, 0.717) is 5.69 Å². The van der Waals surface area contributed by atoms with Gasteiger partial charge in [-0.25, -0.2) is 23.4 Å². The number of aromatic nitrogens is 5. The Morgan fingerprint density at radius 1 is 1.25 bits per heavy atom. The molecule has 0 radical (unpaired) electrons. The zero-order chi connectivity index (χ0) is 20.5. The van der Waals surface area contributed by atoms with E-state index in [2.05, 4.69) is 30.1 Å². The molecule has 0 unspecified atom stereocenters. The maximum absolute atomic E-state index is 12.9. The van der Waals surface area contributed by atoms with Gasteiger partial charge in [-0.15, -0.1) is 0 Å². The maximum Gasteiger partial charge on any atom is 0.274 e. The first-order chi connectivity index (χ1) is 13.2. The molecule has 0 aliphatic rings. The number of anilines is 2. The summed E-state index contributed by atoms with van der Waals surface area (Å²) < 4.78 is 29.8. The van der Waals surface area contributed by atoms with Crippen LogP contribution in [-0.4, -0.2) is 39.1 Å². The van der Waals surface area contributed by atoms with Gasteiger partial charge in [0.25, 0.3) is 16.0 Å². The molecule has 2 N–H and O–H groups in total. The standard InChI is InChI=1S/C16H19N7O3S2/c1-9(2)12-8-13(23(21-12)15-17-6-5-7-18-15)22-28(25,26)14-10(3)19-16(27-14)20-11(4)24/h5-9,22H,1-4H3,(H,19,20,24). The lowest BCUT2D eigenvalue weighted by Crippen LogP contribution is -2.16. The molecule has 12 heteroatoms. The second-order valence-corrected chi connectivity index (χ2v) is 9.13. The molecule has 0 fully saturated rings. The van der Waals surface area contributed by atoms with Crippen molar-refractivity contribution in [3.05, 3.63) is 35.9 Å². The van der Waals surface area contributed by atoms with Gasteiger partial charge < -0.3 is 5.32 Å². The van der Waals surface area contributed by atoms with Crippen LogP contribution in [0.1, 0.15) is 38.1 Å². The lowest BCUT2D eigenvalue weighted by molar-refractivity contribution is -0.114. The second-order valence-electron chi connectivity index (χ2n) is 6.25. The van der Waals surface area contributed by atoms with Crippen LogP contribution in [0.15, 0.2) is 28.7 Å². The van der Waals surface area contributed by atoms with Crippen LogP contribution in [0.3, 0.4) is 0 Å². The highest BCUT2D eigenvalue weighted by molar-refractivity contribution is 7.94. The molecule has 3 aromatic heterocycles. The molecule has 3 rings (SSSR count). The molecule has 0 aromatic carbocycles. The van der Waals surface area contributed by atoms with Gasteiger partial charge in [-0.1, -0.05) is 25.2 Å². The van der Waals surface area contributed by atoms with Gasteiger partial charge in [-0.05, 0) is 18.9 Å². The molecule has 0 bridgehead atoms. The number of aryl methyl sites for hydroxylation is 1. The minimum absolute atomic E-state index is 0.00377. The van der Waals surface area contributed by atoms with Gasteiger partial charge in [0.15, 0.2) is 9.34 Å². The summed E-state index contributed by atoms with van der Waals surface area (Å²) in [4.78, 5) is 23.6. The van der Waals surface area contributed by atoms with E-state index in [0.717, 1.165) is 11.3 Å². The highest BCUT2D eigenvalue weighted by Crippen LogP contribution is 2.30. The van der Waals surface area contributed by atoms with E-state index in [1.54, 1.807) is 31.5 Å². The Labute approximate surface area is 166 Å². The largest absolute Gasteiger partial charge is 0.302 e. The number of sulfonamides is 1. The van der Waals surface area contributed by atoms with E-state index < -0.39 is 10.0 Å². The molecule has 0 atom stereocenters. The van der Waals surface area contributed by atoms with Crippen LogP contribution < -0.4 is 10.0 Å². The van der Waals surface area contributed by atoms with Crippen LogP contribution in [-0.2, 0) is 14.8 Å². The van der Waals surface area contributed by atoms with Crippen molar-refractivity contribution in [2.45, 2.75) is 37.8 Å². The van der Waals surface area contributed by atoms with Gasteiger partial charge in [-0.3, -0.25) is 9.52 Å². The summed E-state index contributed by atoms with van der Waals surface area (Å²) in [6.07, 6.45) is 3.09. The van der Waals surface area contributed by atoms with Gasteiger partial charge in [0.1, 0.15) is 5.82 Å². The minimum Gasteiger partial charge on any atom is -0.302 e. The summed E-state index contributed by atoms with van der Waals surface area (Å²) >= 11 is 0.874. The molecule has 1 amide bonds. The lowest BCUT2D eigenvalue weighted by atomic mass is 10.1. The Hall–Kier alpha value is -2.86. The molecule has 3 heterocycles. The number of hydrogen-bond donors (Lipinski definition) is 2. The fourth-order valence-corrected chi connectivity index (χ4v) is 4.82. The molecule has 3 aromatic rings. The van der Waals surface area contributed by atoms with E-state index in [1.165, 1.54) is 11.6 Å². The van der Waals surface area contributed by atoms with Crippen molar-refractivity contribution in [1.29, 1.82) is 0 Å². The van der Waals surface area contributed by atoms with Crippen molar-refractivity contribution < 1.29 is 13.2 Å². The molecule has 28 heavy (non-hydrogen) atoms. The summed E-state index contributed by atoms with van der Waals surface area (Å²) in [5.41, 5.74) is 0.970. The zero-order valence-electron chi connectivity index (χ0n) is 15.7. The number of nitrogens with zero attached hydrogens (tertiary/aromatic N) is 5. The maximum atomic E-state index is 12.9. The van der Waals surface area contributed by atoms with Crippen LogP contribution in [0.5, 0.6) is 0 Å². The number of amides is 1. The fourth-order valence-electron chi connectivity index (χ4n) is 2.33. The van der Waals surface area contributed by atoms with E-state index in [1.807, 2.05) is 13.8 Å². The number of hydrogen-bond acceptors (Lipinski definition) is 8. The average Bonchev–Trinajstić information content (AvgIpc) is 3.19. The molecule has 0 spiro atoms. The van der Waals surface area contributed by atoms with Crippen molar-refractivity contribution in [3.8, 4) is 5.95 Å². The van der Waals surface area contributed by atoms with Crippen LogP contribution in [0, 0.1) is 6.92 Å². The first-order valence-corrected chi connectivity index (χ1v) is 10.6. The van der Waals surface area contributed by atoms with E-state index >= 15 is 0 Å². The molecule has 0 saturated heterocycles. The molecule has 0 aliphatic heterocycles. The Kier molecular flexibility index (Phi) is 5.42. The SMILES string of the molecule is CC(=O)Nc1nc(C)c(S(=O)(=O)Nc2cc(C(C)C)nn2-c2ncccn2)s1. The van der Waals surface area contributed by atoms with Crippen molar-refractivity contribution in [3.63, 3.8) is 0 Å². The van der Waals surface area contributed by atoms with Crippen LogP contribution in [0.25, 0.3) is 5.95 Å². The quantitative estimate of drug-likeness (QED) is 0.624. The van der Waals surface area contributed by atoms with E-state index in [4.69, 9.17) is 0 Å². The number of rotatable bonds is 6. The van der Waals surface area contributed by atoms with Crippen LogP contribution in [0.4, 0.5) is 10.9 Å². The zero-order valence-corrected chi connectivity index (χ0v) is 17.3. The predicted octanol–water partition coefficient (Wildman–Crippen LogP) is 2.31. The van der Waals surface area contributed by atoms with Crippen molar-refractivity contribution in [2.75, 3.05) is 10.0 Å². The average molecular weight is 422 g/mol. The number of carbonyl (C=O) groups is 1. The summed E-state index contributed by atoms with van der Waals surface area (Å²) in [5.74, 6) is 0.201. The van der Waals surface area contributed by atoms with Crippen LogP contribution in [0.2, 0.25) is 0 Å². The number of nitrogens with one attached hydrogen (secondary N) is 2. The van der Waals surface area contributed by atoms with Gasteiger partial charge >= 0.3 is 0 Å². The summed E-state index contributed by atoms with van der Waals surface area (Å²) in [6.45, 7) is 6.79. The molecule has 148 valence electrons. The molecule has 0 saturated carbocycles. The fraction of sp³-hybridized carbons (Fsp3) is 0.312. The number of thiazole rings is 1. The van der Waals surface area contributed by atoms with E-state index in [-0.39, 0.29) is 38.6 Å². The third kappa shape index (κ3) is 4.17. The smallest absolute Gasteiger partial charge is 0.274 e. The number of carbonyl (C=O) groups excluding carboxylic acids is 1. The predicted molar refractivity (Wildman–Crippen MR) is 105 cm³/mol. The third-order valence-corrected chi connectivity index (χ3v) is 6.62. The summed E-state index contributed by atoms with van der Waals surface area (Å²) in [6, 6.07) is 3.30. The third-order valence-electron chi connectivity index (χ3n) is 3.58. The van der Waals surface area contributed by atoms with Crippen molar-refractivity contribution in [2.24, 2.45) is 0 Å². The Morgan fingerprint density at radius 3 is 2.54 bits per heavy atom. The second kappa shape index (κ2) is 7.64. The topological polar surface area (TPSA) is 132 Å². The first-order valence-electron chi connectivity index (χ1n) is 8.32. The van der Waals surface area contributed by atoms with Gasteiger partial charge in [0, 0.05) is 25.4 Å². The Morgan fingerprint density at radius 2 is 1.93 bits per heavy atom. The first kappa shape index (κ1) is 19.9. The molecule has 0 aliphatic carbocycles. The van der Waals surface area contributed by atoms with Crippen molar-refractivity contribution in [1.82, 2.24) is 24.7 Å². The van der Waals surface area contributed by atoms with Crippen molar-refractivity contribution >= 4 is 38.2 Å². The van der Waals surface area contributed by atoms with E-state index in [9.17, 15) is 13.2 Å². The highest BCUT2D eigenvalue weighted by Gasteiger charge is 2.25. The molecular weight excluding hydrogens is 402 g/mol. The minimum atomic E-state index is -3.96. The monoisotopic (exact) mass is 421 g/mol. The Bertz CT molecular complexity index is 1100. The molecular formula is C16H19N7O3S2. The van der Waals surface area contributed by atoms with Gasteiger partial charge in [0.05, 0.1) is 11.4 Å². The Balaban J connectivity index is 2.01. The van der Waals surface area contributed by atoms with Gasteiger partial charge in [-0.2, -0.15) is 9.78 Å². The highest BCUT2D eigenvalue weighted by atomic mass is 32.2. The summed E-state index contributed by atoms with van der Waals surface area (Å²) in [7, 11) is -3.96. The molecule has 10 nitrogen and oxygen atoms in total. The lowest BCUT2D eigenvalue weighted by Gasteiger charge is -2.08. The summed E-state index contributed by atoms with van der Waals surface area (Å²) in [5, 5.41) is 7.13. The normalized spacial score (nSPS) is 11.6. The van der Waals surface area contributed by atoms with Gasteiger partial charge in [0.2, 0.25) is 5.91 Å².